The molecule has 2 aromatic rings. The minimum absolute atomic E-state index is 1.11. The highest BCUT2D eigenvalue weighted by Crippen LogP contribution is 2.45. The Bertz CT molecular complexity index is 656. The van der Waals surface area contributed by atoms with Crippen molar-refractivity contribution < 1.29 is 0 Å². The fourth-order valence-electron chi connectivity index (χ4n) is 3.03. The number of aryl methyl sites for hydroxylation is 1. The third-order valence-electron chi connectivity index (χ3n) is 3.94. The van der Waals surface area contributed by atoms with Crippen LogP contribution < -0.4 is 0 Å². The molecule has 0 aliphatic heterocycles. The van der Waals surface area contributed by atoms with Gasteiger partial charge in [-0.2, -0.15) is 0 Å². The lowest BCUT2D eigenvalue weighted by molar-refractivity contribution is 0.966. The summed E-state index contributed by atoms with van der Waals surface area (Å²) in [6.07, 6.45) is 5.98. The normalized spacial score (nSPS) is 17.4. The van der Waals surface area contributed by atoms with Gasteiger partial charge in [0.05, 0.1) is 0 Å². The maximum Gasteiger partial charge on any atom is 0.0124 e. The van der Waals surface area contributed by atoms with Gasteiger partial charge >= 0.3 is 0 Å². The summed E-state index contributed by atoms with van der Waals surface area (Å²) < 4.78 is 0. The van der Waals surface area contributed by atoms with Crippen molar-refractivity contribution >= 4 is 22.5 Å². The lowest BCUT2D eigenvalue weighted by Crippen LogP contribution is -1.97. The number of rotatable bonds is 1. The molecule has 0 spiro atoms. The van der Waals surface area contributed by atoms with E-state index in [1.807, 2.05) is 11.3 Å². The first-order chi connectivity index (χ1) is 8.92. The Kier molecular flexibility index (Phi) is 2.27. The average Bonchev–Trinajstić information content (AvgIpc) is 3.05. The van der Waals surface area contributed by atoms with Crippen molar-refractivity contribution in [3.8, 4) is 0 Å². The molecule has 4 rings (SSSR count). The number of fused-ring (bicyclic) bond motifs is 2. The van der Waals surface area contributed by atoms with E-state index >= 15 is 0 Å². The largest absolute Gasteiger partial charge is 0.148 e. The van der Waals surface area contributed by atoms with E-state index < -0.39 is 0 Å². The van der Waals surface area contributed by atoms with Crippen LogP contribution in [0.1, 0.15) is 28.8 Å². The summed E-state index contributed by atoms with van der Waals surface area (Å²) in [6.45, 7) is 0. The molecule has 0 fully saturated rings. The number of hydrogen-bond acceptors (Lipinski definition) is 1. The molecule has 1 heteroatoms. The van der Waals surface area contributed by atoms with Crippen molar-refractivity contribution in [1.29, 1.82) is 0 Å². The standard InChI is InChI=1S/C17H14S/c1-2-4-12(5-3-1)14-10-13-6-7-17-15(8-9-18-17)16(13)11-14/h1-5,8-10H,6-7,11H2. The molecule has 0 saturated heterocycles. The van der Waals surface area contributed by atoms with Gasteiger partial charge in [0.1, 0.15) is 0 Å². The van der Waals surface area contributed by atoms with E-state index in [1.165, 1.54) is 29.5 Å². The third kappa shape index (κ3) is 1.51. The van der Waals surface area contributed by atoms with Crippen LogP contribution in [0.3, 0.4) is 0 Å². The highest BCUT2D eigenvalue weighted by Gasteiger charge is 2.24. The molecule has 2 aliphatic rings. The Hall–Kier alpha value is -1.60. The molecule has 2 aliphatic carbocycles. The van der Waals surface area contributed by atoms with Crippen molar-refractivity contribution in [3.63, 3.8) is 0 Å². The van der Waals surface area contributed by atoms with Crippen molar-refractivity contribution in [2.24, 2.45) is 0 Å². The number of benzene rings is 1. The molecule has 0 bridgehead atoms. The Labute approximate surface area is 111 Å². The highest BCUT2D eigenvalue weighted by molar-refractivity contribution is 7.10. The molecule has 1 heterocycles. The maximum absolute atomic E-state index is 2.42. The van der Waals surface area contributed by atoms with Crippen LogP contribution in [-0.2, 0) is 6.42 Å². The zero-order chi connectivity index (χ0) is 11.9. The van der Waals surface area contributed by atoms with Crippen LogP contribution in [0, 0.1) is 0 Å². The topological polar surface area (TPSA) is 0 Å². The molecular weight excluding hydrogens is 236 g/mol. The maximum atomic E-state index is 2.42. The van der Waals surface area contributed by atoms with Gasteiger partial charge in [-0.15, -0.1) is 11.3 Å². The minimum atomic E-state index is 1.11. The second kappa shape index (κ2) is 3.96. The van der Waals surface area contributed by atoms with Crippen LogP contribution in [0.2, 0.25) is 0 Å². The first-order valence-corrected chi connectivity index (χ1v) is 7.34. The molecule has 0 radical (unpaired) electrons. The zero-order valence-corrected chi connectivity index (χ0v) is 11.0. The van der Waals surface area contributed by atoms with Gasteiger partial charge in [-0.25, -0.2) is 0 Å². The van der Waals surface area contributed by atoms with Crippen molar-refractivity contribution in [1.82, 2.24) is 0 Å². The number of hydrogen-bond donors (Lipinski definition) is 0. The second-order valence-electron chi connectivity index (χ2n) is 4.97. The van der Waals surface area contributed by atoms with Gasteiger partial charge in [-0.3, -0.25) is 0 Å². The van der Waals surface area contributed by atoms with Crippen LogP contribution in [0.5, 0.6) is 0 Å². The molecule has 0 nitrogen and oxygen atoms in total. The van der Waals surface area contributed by atoms with Crippen LogP contribution in [0.15, 0.2) is 53.4 Å². The van der Waals surface area contributed by atoms with Gasteiger partial charge in [0.15, 0.2) is 0 Å². The van der Waals surface area contributed by atoms with E-state index in [1.54, 1.807) is 16.0 Å². The highest BCUT2D eigenvalue weighted by atomic mass is 32.1. The van der Waals surface area contributed by atoms with Crippen LogP contribution in [-0.4, -0.2) is 0 Å². The van der Waals surface area contributed by atoms with E-state index in [4.69, 9.17) is 0 Å². The van der Waals surface area contributed by atoms with E-state index in [2.05, 4.69) is 47.9 Å². The molecule has 0 unspecified atom stereocenters. The summed E-state index contributed by atoms with van der Waals surface area (Å²) in [6, 6.07) is 13.1. The Morgan fingerprint density at radius 1 is 0.944 bits per heavy atom. The van der Waals surface area contributed by atoms with Gasteiger partial charge in [0.2, 0.25) is 0 Å². The Balaban J connectivity index is 1.73. The molecule has 0 atom stereocenters. The van der Waals surface area contributed by atoms with Crippen LogP contribution in [0.25, 0.3) is 11.1 Å². The van der Waals surface area contributed by atoms with Gasteiger partial charge < -0.3 is 0 Å². The van der Waals surface area contributed by atoms with Crippen LogP contribution in [0.4, 0.5) is 0 Å². The van der Waals surface area contributed by atoms with E-state index in [9.17, 15) is 0 Å². The predicted molar refractivity (Wildman–Crippen MR) is 78.6 cm³/mol. The average molecular weight is 250 g/mol. The SMILES string of the molecule is C1=C(c2ccccc2)CC2=C1CCc1sccc12. The molecular formula is C17H14S. The van der Waals surface area contributed by atoms with E-state index in [-0.39, 0.29) is 0 Å². The quantitative estimate of drug-likeness (QED) is 0.673. The van der Waals surface area contributed by atoms with E-state index in [0.29, 0.717) is 0 Å². The molecule has 1 aromatic carbocycles. The van der Waals surface area contributed by atoms with Crippen molar-refractivity contribution in [3.05, 3.63) is 69.4 Å². The second-order valence-corrected chi connectivity index (χ2v) is 5.97. The van der Waals surface area contributed by atoms with Gasteiger partial charge in [0, 0.05) is 4.88 Å². The monoisotopic (exact) mass is 250 g/mol. The number of thiophene rings is 1. The summed E-state index contributed by atoms with van der Waals surface area (Å²) in [5, 5.41) is 2.24. The first kappa shape index (κ1) is 10.3. The summed E-state index contributed by atoms with van der Waals surface area (Å²) in [5.74, 6) is 0. The Morgan fingerprint density at radius 3 is 2.72 bits per heavy atom. The molecule has 0 amide bonds. The smallest absolute Gasteiger partial charge is 0.0124 e. The Morgan fingerprint density at radius 2 is 1.83 bits per heavy atom. The van der Waals surface area contributed by atoms with Gasteiger partial charge in [-0.1, -0.05) is 36.4 Å². The van der Waals surface area contributed by atoms with Crippen LogP contribution >= 0.6 is 11.3 Å². The summed E-state index contributed by atoms with van der Waals surface area (Å²) in [5.41, 5.74) is 7.53. The van der Waals surface area contributed by atoms with E-state index in [0.717, 1.165) is 6.42 Å². The summed E-state index contributed by atoms with van der Waals surface area (Å²) >= 11 is 1.91. The molecule has 88 valence electrons. The third-order valence-corrected chi connectivity index (χ3v) is 4.92. The summed E-state index contributed by atoms with van der Waals surface area (Å²) in [4.78, 5) is 1.58. The molecule has 0 saturated carbocycles. The lowest BCUT2D eigenvalue weighted by Gasteiger charge is -2.14. The fraction of sp³-hybridized carbons (Fsp3) is 0.176. The zero-order valence-electron chi connectivity index (χ0n) is 10.1. The first-order valence-electron chi connectivity index (χ1n) is 6.46. The molecule has 0 N–H and O–H groups in total. The van der Waals surface area contributed by atoms with Crippen molar-refractivity contribution in [2.75, 3.05) is 0 Å². The van der Waals surface area contributed by atoms with Crippen molar-refractivity contribution in [2.45, 2.75) is 19.3 Å². The van der Waals surface area contributed by atoms with Gasteiger partial charge in [-0.05, 0) is 58.6 Å². The molecule has 18 heavy (non-hydrogen) atoms. The predicted octanol–water partition coefficient (Wildman–Crippen LogP) is 4.94. The fourth-order valence-corrected chi connectivity index (χ4v) is 3.94. The minimum Gasteiger partial charge on any atom is -0.148 e. The number of allylic oxidation sites excluding steroid dienone is 4. The molecule has 1 aromatic heterocycles. The van der Waals surface area contributed by atoms with Gasteiger partial charge in [0.25, 0.3) is 0 Å². The summed E-state index contributed by atoms with van der Waals surface area (Å²) in [7, 11) is 0. The lowest BCUT2D eigenvalue weighted by atomic mass is 9.92.